The van der Waals surface area contributed by atoms with E-state index in [4.69, 9.17) is 0 Å². The van der Waals surface area contributed by atoms with Crippen LogP contribution < -0.4 is 0 Å². The maximum absolute atomic E-state index is 9.91. The van der Waals surface area contributed by atoms with Gasteiger partial charge in [0.2, 0.25) is 0 Å². The van der Waals surface area contributed by atoms with Crippen LogP contribution in [0.5, 0.6) is 0 Å². The Morgan fingerprint density at radius 2 is 1.33 bits per heavy atom. The van der Waals surface area contributed by atoms with Crippen LogP contribution in [0.3, 0.4) is 0 Å². The number of benzene rings is 2. The van der Waals surface area contributed by atoms with Gasteiger partial charge in [-0.2, -0.15) is 5.26 Å². The number of nitriles is 1. The standard InChI is InChI=1S/C22H26N2/c23-16-22(21-14-8-3-9-15-21)24(17-19-10-4-1-5-11-19)18-20-12-6-2-7-13-20/h1-2,4-7,10-13,21-22H,3,8-9,14-15,17-18H2. The molecular weight excluding hydrogens is 292 g/mol. The maximum Gasteiger partial charge on any atom is 0.101 e. The van der Waals surface area contributed by atoms with Gasteiger partial charge in [-0.15, -0.1) is 0 Å². The molecule has 0 heterocycles. The van der Waals surface area contributed by atoms with Gasteiger partial charge in [0, 0.05) is 13.1 Å². The lowest BCUT2D eigenvalue weighted by Crippen LogP contribution is -2.39. The number of nitrogens with zero attached hydrogens (tertiary/aromatic N) is 2. The minimum atomic E-state index is 0.00529. The summed E-state index contributed by atoms with van der Waals surface area (Å²) >= 11 is 0. The first kappa shape index (κ1) is 16.7. The molecule has 0 amide bonds. The summed E-state index contributed by atoms with van der Waals surface area (Å²) in [7, 11) is 0. The average Bonchev–Trinajstić information content (AvgIpc) is 2.65. The summed E-state index contributed by atoms with van der Waals surface area (Å²) in [6.07, 6.45) is 6.25. The summed E-state index contributed by atoms with van der Waals surface area (Å²) in [5, 5.41) is 9.91. The minimum Gasteiger partial charge on any atom is -0.279 e. The Labute approximate surface area is 145 Å². The summed E-state index contributed by atoms with van der Waals surface area (Å²) in [4.78, 5) is 2.38. The smallest absolute Gasteiger partial charge is 0.101 e. The van der Waals surface area contributed by atoms with E-state index in [0.717, 1.165) is 13.1 Å². The second kappa shape index (κ2) is 8.66. The number of rotatable bonds is 6. The maximum atomic E-state index is 9.91. The minimum absolute atomic E-state index is 0.00529. The van der Waals surface area contributed by atoms with E-state index in [-0.39, 0.29) is 6.04 Å². The average molecular weight is 318 g/mol. The van der Waals surface area contributed by atoms with Crippen LogP contribution in [0.2, 0.25) is 0 Å². The molecule has 1 saturated carbocycles. The molecule has 2 nitrogen and oxygen atoms in total. The fourth-order valence-electron chi connectivity index (χ4n) is 3.82. The van der Waals surface area contributed by atoms with Gasteiger partial charge in [-0.05, 0) is 29.9 Å². The first-order chi connectivity index (χ1) is 11.9. The van der Waals surface area contributed by atoms with Crippen molar-refractivity contribution in [1.82, 2.24) is 4.90 Å². The zero-order valence-corrected chi connectivity index (χ0v) is 14.3. The predicted molar refractivity (Wildman–Crippen MR) is 98.1 cm³/mol. The summed E-state index contributed by atoms with van der Waals surface area (Å²) in [5.41, 5.74) is 2.56. The van der Waals surface area contributed by atoms with Gasteiger partial charge in [0.05, 0.1) is 6.07 Å². The van der Waals surface area contributed by atoms with E-state index < -0.39 is 0 Å². The molecular formula is C22H26N2. The molecule has 0 radical (unpaired) electrons. The molecule has 1 unspecified atom stereocenters. The highest BCUT2D eigenvalue weighted by Gasteiger charge is 2.29. The van der Waals surface area contributed by atoms with Crippen LogP contribution in [0.25, 0.3) is 0 Å². The molecule has 1 atom stereocenters. The third kappa shape index (κ3) is 4.46. The topological polar surface area (TPSA) is 27.0 Å². The van der Waals surface area contributed by atoms with Gasteiger partial charge < -0.3 is 0 Å². The van der Waals surface area contributed by atoms with Gasteiger partial charge in [-0.25, -0.2) is 0 Å². The monoisotopic (exact) mass is 318 g/mol. The van der Waals surface area contributed by atoms with Crippen LogP contribution >= 0.6 is 0 Å². The summed E-state index contributed by atoms with van der Waals surface area (Å²) in [6, 6.07) is 23.7. The van der Waals surface area contributed by atoms with Crippen molar-refractivity contribution in [3.05, 3.63) is 71.8 Å². The van der Waals surface area contributed by atoms with Gasteiger partial charge in [0.15, 0.2) is 0 Å². The van der Waals surface area contributed by atoms with Crippen LogP contribution in [0.15, 0.2) is 60.7 Å². The van der Waals surface area contributed by atoms with Crippen LogP contribution in [-0.2, 0) is 13.1 Å². The Balaban J connectivity index is 1.80. The fourth-order valence-corrected chi connectivity index (χ4v) is 3.82. The molecule has 0 N–H and O–H groups in total. The van der Waals surface area contributed by atoms with E-state index in [1.807, 2.05) is 12.1 Å². The van der Waals surface area contributed by atoms with E-state index in [2.05, 4.69) is 59.5 Å². The Bertz CT molecular complexity index is 597. The van der Waals surface area contributed by atoms with Crippen molar-refractivity contribution >= 4 is 0 Å². The predicted octanol–water partition coefficient (Wildman–Crippen LogP) is 5.16. The van der Waals surface area contributed by atoms with Crippen molar-refractivity contribution in [2.45, 2.75) is 51.2 Å². The van der Waals surface area contributed by atoms with Crippen molar-refractivity contribution in [2.24, 2.45) is 5.92 Å². The molecule has 0 spiro atoms. The molecule has 0 aromatic heterocycles. The van der Waals surface area contributed by atoms with Crippen molar-refractivity contribution in [1.29, 1.82) is 5.26 Å². The summed E-state index contributed by atoms with van der Waals surface area (Å²) < 4.78 is 0. The van der Waals surface area contributed by atoms with Gasteiger partial charge in [-0.3, -0.25) is 4.90 Å². The zero-order valence-electron chi connectivity index (χ0n) is 14.3. The van der Waals surface area contributed by atoms with Gasteiger partial charge in [0.1, 0.15) is 6.04 Å². The van der Waals surface area contributed by atoms with Crippen molar-refractivity contribution in [2.75, 3.05) is 0 Å². The summed E-state index contributed by atoms with van der Waals surface area (Å²) in [5.74, 6) is 0.510. The molecule has 3 rings (SSSR count). The molecule has 1 aliphatic carbocycles. The molecule has 2 aromatic rings. The molecule has 1 fully saturated rings. The molecule has 1 aliphatic rings. The molecule has 24 heavy (non-hydrogen) atoms. The lowest BCUT2D eigenvalue weighted by Gasteiger charge is -2.35. The van der Waals surface area contributed by atoms with Crippen LogP contribution in [-0.4, -0.2) is 10.9 Å². The van der Waals surface area contributed by atoms with Crippen molar-refractivity contribution in [3.63, 3.8) is 0 Å². The first-order valence-electron chi connectivity index (χ1n) is 9.08. The normalized spacial score (nSPS) is 16.7. The molecule has 124 valence electrons. The third-order valence-electron chi connectivity index (χ3n) is 5.08. The number of hydrogen-bond donors (Lipinski definition) is 0. The van der Waals surface area contributed by atoms with Gasteiger partial charge in [0.25, 0.3) is 0 Å². The van der Waals surface area contributed by atoms with Crippen LogP contribution in [0.1, 0.15) is 43.2 Å². The van der Waals surface area contributed by atoms with Gasteiger partial charge in [-0.1, -0.05) is 79.9 Å². The van der Waals surface area contributed by atoms with E-state index in [1.165, 1.54) is 43.2 Å². The van der Waals surface area contributed by atoms with E-state index in [1.54, 1.807) is 0 Å². The highest BCUT2D eigenvalue weighted by molar-refractivity contribution is 5.18. The molecule has 0 aliphatic heterocycles. The first-order valence-corrected chi connectivity index (χ1v) is 9.08. The van der Waals surface area contributed by atoms with Crippen LogP contribution in [0, 0.1) is 17.2 Å². The highest BCUT2D eigenvalue weighted by Crippen LogP contribution is 2.30. The van der Waals surface area contributed by atoms with E-state index >= 15 is 0 Å². The number of hydrogen-bond acceptors (Lipinski definition) is 2. The SMILES string of the molecule is N#CC(C1CCCCC1)N(Cc1ccccc1)Cc1ccccc1. The lowest BCUT2D eigenvalue weighted by atomic mass is 9.83. The van der Waals surface area contributed by atoms with Crippen molar-refractivity contribution in [3.8, 4) is 6.07 Å². The van der Waals surface area contributed by atoms with Crippen molar-refractivity contribution < 1.29 is 0 Å². The van der Waals surface area contributed by atoms with Crippen LogP contribution in [0.4, 0.5) is 0 Å². The summed E-state index contributed by atoms with van der Waals surface area (Å²) in [6.45, 7) is 1.68. The van der Waals surface area contributed by atoms with E-state index in [9.17, 15) is 5.26 Å². The Morgan fingerprint density at radius 3 is 1.79 bits per heavy atom. The second-order valence-corrected chi connectivity index (χ2v) is 6.85. The Kier molecular flexibility index (Phi) is 6.04. The fraction of sp³-hybridized carbons (Fsp3) is 0.409. The molecule has 2 heteroatoms. The van der Waals surface area contributed by atoms with E-state index in [0.29, 0.717) is 5.92 Å². The molecule has 0 bridgehead atoms. The lowest BCUT2D eigenvalue weighted by molar-refractivity contribution is 0.139. The second-order valence-electron chi connectivity index (χ2n) is 6.85. The zero-order chi connectivity index (χ0) is 16.6. The molecule has 0 saturated heterocycles. The Morgan fingerprint density at radius 1 is 0.833 bits per heavy atom. The third-order valence-corrected chi connectivity index (χ3v) is 5.08. The largest absolute Gasteiger partial charge is 0.279 e. The Hall–Kier alpha value is -2.11. The van der Waals surface area contributed by atoms with Gasteiger partial charge >= 0.3 is 0 Å². The highest BCUT2D eigenvalue weighted by atomic mass is 15.2. The quantitative estimate of drug-likeness (QED) is 0.735. The molecule has 2 aromatic carbocycles.